The molecule has 2 aliphatic heterocycles. The third-order valence-electron chi connectivity index (χ3n) is 6.74. The first kappa shape index (κ1) is 21.3. The van der Waals surface area contributed by atoms with Crippen molar-refractivity contribution >= 4 is 21.8 Å². The quantitative estimate of drug-likeness (QED) is 0.727. The number of sulfonamides is 1. The van der Waals surface area contributed by atoms with E-state index in [0.29, 0.717) is 19.1 Å². The van der Waals surface area contributed by atoms with Gasteiger partial charge in [0.1, 0.15) is 6.04 Å². The van der Waals surface area contributed by atoms with Crippen molar-refractivity contribution in [1.29, 1.82) is 0 Å². The summed E-state index contributed by atoms with van der Waals surface area (Å²) in [7, 11) is -4.04. The molecule has 2 amide bonds. The first-order valence-corrected chi connectivity index (χ1v) is 12.5. The van der Waals surface area contributed by atoms with Gasteiger partial charge in [-0.1, -0.05) is 37.0 Å². The zero-order chi connectivity index (χ0) is 21.3. The van der Waals surface area contributed by atoms with E-state index in [1.54, 1.807) is 17.0 Å². The molecule has 3 aliphatic rings. The molecule has 30 heavy (non-hydrogen) atoms. The first-order valence-electron chi connectivity index (χ1n) is 11.0. The number of carbonyl (C=O) groups excluding carboxylic acids is 2. The van der Waals surface area contributed by atoms with Gasteiger partial charge in [-0.2, -0.15) is 0 Å². The minimum atomic E-state index is -4.04. The number of hydrogen-bond donors (Lipinski definition) is 0. The van der Waals surface area contributed by atoms with Crippen molar-refractivity contribution in [1.82, 2.24) is 14.1 Å². The summed E-state index contributed by atoms with van der Waals surface area (Å²) in [5, 5.41) is 0. The molecule has 0 spiro atoms. The molecule has 1 aliphatic carbocycles. The van der Waals surface area contributed by atoms with Crippen LogP contribution in [0.15, 0.2) is 29.2 Å². The zero-order valence-electron chi connectivity index (χ0n) is 17.6. The highest BCUT2D eigenvalue weighted by atomic mass is 32.2. The van der Waals surface area contributed by atoms with Gasteiger partial charge in [0, 0.05) is 38.6 Å². The fourth-order valence-corrected chi connectivity index (χ4v) is 6.57. The maximum Gasteiger partial charge on any atom is 0.267 e. The van der Waals surface area contributed by atoms with Crippen LogP contribution >= 0.6 is 0 Å². The molecule has 1 aromatic carbocycles. The summed E-state index contributed by atoms with van der Waals surface area (Å²) >= 11 is 0. The highest BCUT2D eigenvalue weighted by Crippen LogP contribution is 2.29. The normalized spacial score (nSPS) is 24.4. The lowest BCUT2D eigenvalue weighted by Gasteiger charge is -2.41. The van der Waals surface area contributed by atoms with Crippen LogP contribution in [0.3, 0.4) is 0 Å². The molecule has 1 unspecified atom stereocenters. The summed E-state index contributed by atoms with van der Waals surface area (Å²) in [6.07, 6.45) is 6.67. The molecule has 7 nitrogen and oxygen atoms in total. The number of nitrogens with zero attached hydrogens (tertiary/aromatic N) is 3. The molecule has 164 valence electrons. The largest absolute Gasteiger partial charge is 0.338 e. The molecule has 0 N–H and O–H groups in total. The summed E-state index contributed by atoms with van der Waals surface area (Å²) in [5.41, 5.74) is 0.935. The predicted molar refractivity (Wildman–Crippen MR) is 113 cm³/mol. The summed E-state index contributed by atoms with van der Waals surface area (Å²) in [5.74, 6) is -0.727. The highest BCUT2D eigenvalue weighted by molar-refractivity contribution is 7.89. The number of amides is 2. The average Bonchev–Trinajstić information content (AvgIpc) is 3.16. The SMILES string of the molecule is Cc1ccc(S(=O)(=O)N2C(=O)CCC2C(=O)N2CCN(C3CCCCC3)CC2)cc1. The highest BCUT2D eigenvalue weighted by Gasteiger charge is 2.46. The van der Waals surface area contributed by atoms with Crippen LogP contribution in [0.2, 0.25) is 0 Å². The van der Waals surface area contributed by atoms with E-state index in [4.69, 9.17) is 0 Å². The first-order chi connectivity index (χ1) is 14.4. The number of piperazine rings is 1. The minimum Gasteiger partial charge on any atom is -0.338 e. The van der Waals surface area contributed by atoms with Crippen molar-refractivity contribution in [3.8, 4) is 0 Å². The number of aryl methyl sites for hydroxylation is 1. The molecular formula is C22H31N3O4S. The van der Waals surface area contributed by atoms with Crippen molar-refractivity contribution in [2.45, 2.75) is 68.8 Å². The molecule has 1 saturated carbocycles. The fraction of sp³-hybridized carbons (Fsp3) is 0.636. The Morgan fingerprint density at radius 3 is 2.20 bits per heavy atom. The van der Waals surface area contributed by atoms with Gasteiger partial charge < -0.3 is 4.90 Å². The monoisotopic (exact) mass is 433 g/mol. The number of rotatable bonds is 4. The van der Waals surface area contributed by atoms with Crippen LogP contribution in [0.5, 0.6) is 0 Å². The van der Waals surface area contributed by atoms with Gasteiger partial charge in [0.15, 0.2) is 0 Å². The van der Waals surface area contributed by atoms with Gasteiger partial charge in [-0.25, -0.2) is 12.7 Å². The van der Waals surface area contributed by atoms with E-state index < -0.39 is 22.0 Å². The Balaban J connectivity index is 1.45. The molecule has 2 heterocycles. The molecule has 1 aromatic rings. The molecular weight excluding hydrogens is 402 g/mol. The van der Waals surface area contributed by atoms with Crippen LogP contribution in [-0.2, 0) is 19.6 Å². The molecule has 1 atom stereocenters. The third kappa shape index (κ3) is 4.12. The lowest BCUT2D eigenvalue weighted by molar-refractivity contribution is -0.139. The van der Waals surface area contributed by atoms with Crippen molar-refractivity contribution in [3.63, 3.8) is 0 Å². The number of hydrogen-bond acceptors (Lipinski definition) is 5. The summed E-state index contributed by atoms with van der Waals surface area (Å²) in [4.78, 5) is 30.0. The Hall–Kier alpha value is -1.93. The van der Waals surface area contributed by atoms with Crippen LogP contribution in [-0.4, -0.2) is 72.6 Å². The standard InChI is InChI=1S/C22H31N3O4S/c1-17-7-9-19(10-8-17)30(28,29)25-20(11-12-21(25)26)22(27)24-15-13-23(14-16-24)18-5-3-2-4-6-18/h7-10,18,20H,2-6,11-16H2,1H3. The van der Waals surface area contributed by atoms with E-state index >= 15 is 0 Å². The zero-order valence-corrected chi connectivity index (χ0v) is 18.4. The van der Waals surface area contributed by atoms with Crippen LogP contribution in [0, 0.1) is 6.92 Å². The van der Waals surface area contributed by atoms with E-state index in [2.05, 4.69) is 4.90 Å². The van der Waals surface area contributed by atoms with E-state index in [-0.39, 0.29) is 23.6 Å². The Bertz CT molecular complexity index is 885. The summed E-state index contributed by atoms with van der Waals surface area (Å²) < 4.78 is 27.1. The third-order valence-corrected chi connectivity index (χ3v) is 8.58. The molecule has 0 aromatic heterocycles. The molecule has 0 radical (unpaired) electrons. The Morgan fingerprint density at radius 2 is 1.57 bits per heavy atom. The maximum atomic E-state index is 13.2. The van der Waals surface area contributed by atoms with Crippen molar-refractivity contribution in [3.05, 3.63) is 29.8 Å². The predicted octanol–water partition coefficient (Wildman–Crippen LogP) is 2.15. The Kier molecular flexibility index (Phi) is 6.16. The molecule has 0 bridgehead atoms. The lowest BCUT2D eigenvalue weighted by Crippen LogP contribution is -2.56. The van der Waals surface area contributed by atoms with E-state index in [1.165, 1.54) is 44.2 Å². The molecule has 4 rings (SSSR count). The smallest absolute Gasteiger partial charge is 0.267 e. The molecule has 3 fully saturated rings. The molecule has 2 saturated heterocycles. The second-order valence-electron chi connectivity index (χ2n) is 8.72. The van der Waals surface area contributed by atoms with E-state index in [0.717, 1.165) is 23.0 Å². The van der Waals surface area contributed by atoms with Crippen molar-refractivity contribution in [2.24, 2.45) is 0 Å². The van der Waals surface area contributed by atoms with Crippen molar-refractivity contribution < 1.29 is 18.0 Å². The van der Waals surface area contributed by atoms with Gasteiger partial charge in [-0.05, 0) is 38.3 Å². The second kappa shape index (κ2) is 8.67. The van der Waals surface area contributed by atoms with Gasteiger partial charge in [-0.3, -0.25) is 14.5 Å². The second-order valence-corrected chi connectivity index (χ2v) is 10.5. The number of carbonyl (C=O) groups is 2. The minimum absolute atomic E-state index is 0.0586. The topological polar surface area (TPSA) is 78.0 Å². The van der Waals surface area contributed by atoms with E-state index in [1.807, 2.05) is 6.92 Å². The Morgan fingerprint density at radius 1 is 0.933 bits per heavy atom. The average molecular weight is 434 g/mol. The summed E-state index contributed by atoms with van der Waals surface area (Å²) in [6, 6.07) is 6.10. The van der Waals surface area contributed by atoms with Crippen LogP contribution in [0.4, 0.5) is 0 Å². The van der Waals surface area contributed by atoms with Gasteiger partial charge in [-0.15, -0.1) is 0 Å². The number of benzene rings is 1. The van der Waals surface area contributed by atoms with Crippen LogP contribution in [0.1, 0.15) is 50.5 Å². The fourth-order valence-electron chi connectivity index (χ4n) is 4.97. The van der Waals surface area contributed by atoms with Crippen LogP contribution < -0.4 is 0 Å². The lowest BCUT2D eigenvalue weighted by atomic mass is 9.94. The Labute approximate surface area is 179 Å². The van der Waals surface area contributed by atoms with Crippen LogP contribution in [0.25, 0.3) is 0 Å². The van der Waals surface area contributed by atoms with Crippen molar-refractivity contribution in [2.75, 3.05) is 26.2 Å². The van der Waals surface area contributed by atoms with Gasteiger partial charge in [0.05, 0.1) is 4.90 Å². The molecule has 8 heteroatoms. The summed E-state index contributed by atoms with van der Waals surface area (Å²) in [6.45, 7) is 4.71. The maximum absolute atomic E-state index is 13.2. The van der Waals surface area contributed by atoms with Gasteiger partial charge >= 0.3 is 0 Å². The van der Waals surface area contributed by atoms with Gasteiger partial charge in [0.25, 0.3) is 10.0 Å². The van der Waals surface area contributed by atoms with E-state index in [9.17, 15) is 18.0 Å². The van der Waals surface area contributed by atoms with Gasteiger partial charge in [0.2, 0.25) is 11.8 Å².